The fraction of sp³-hybridized carbons (Fsp3) is 0.250. The minimum atomic E-state index is -0.539. The summed E-state index contributed by atoms with van der Waals surface area (Å²) in [5.74, 6) is -0.753. The Morgan fingerprint density at radius 3 is 2.91 bits per heavy atom. The van der Waals surface area contributed by atoms with Crippen LogP contribution < -0.4 is 4.74 Å². The normalized spacial score (nSPS) is 16.9. The van der Waals surface area contributed by atoms with E-state index in [0.29, 0.717) is 19.5 Å². The summed E-state index contributed by atoms with van der Waals surface area (Å²) in [5.41, 5.74) is 0.150. The molecule has 0 N–H and O–H groups in total. The molecule has 0 saturated carbocycles. The number of halogens is 1. The van der Waals surface area contributed by atoms with E-state index in [1.807, 2.05) is 6.07 Å². The number of likely N-dealkylation sites (tertiary alicyclic amines) is 1. The lowest BCUT2D eigenvalue weighted by molar-refractivity contribution is 0.0766. The highest BCUT2D eigenvalue weighted by Crippen LogP contribution is 2.20. The third-order valence-corrected chi connectivity index (χ3v) is 3.59. The summed E-state index contributed by atoms with van der Waals surface area (Å²) in [7, 11) is 0. The van der Waals surface area contributed by atoms with Crippen LogP contribution in [0.25, 0.3) is 0 Å². The summed E-state index contributed by atoms with van der Waals surface area (Å²) in [4.78, 5) is 21.7. The van der Waals surface area contributed by atoms with Gasteiger partial charge in [0.1, 0.15) is 18.0 Å². The number of amides is 1. The van der Waals surface area contributed by atoms with E-state index >= 15 is 0 Å². The van der Waals surface area contributed by atoms with Crippen LogP contribution in [-0.4, -0.2) is 40.0 Å². The standard InChI is InChI=1S/C16H13FN4O2/c17-13-4-2-1-3-12(13)16(22)21-8-5-11(10-21)23-15-14(9-18)19-6-7-20-15/h1-4,6-7,11H,5,8,10H2. The minimum Gasteiger partial charge on any atom is -0.470 e. The Hall–Kier alpha value is -3.01. The molecule has 6 nitrogen and oxygen atoms in total. The SMILES string of the molecule is N#Cc1nccnc1OC1CCN(C(=O)c2ccccc2F)C1. The molecule has 1 aliphatic rings. The molecule has 1 unspecified atom stereocenters. The summed E-state index contributed by atoms with van der Waals surface area (Å²) >= 11 is 0. The summed E-state index contributed by atoms with van der Waals surface area (Å²) in [6.45, 7) is 0.772. The number of carbonyl (C=O) groups excluding carboxylic acids is 1. The van der Waals surface area contributed by atoms with E-state index in [2.05, 4.69) is 9.97 Å². The number of nitriles is 1. The average Bonchev–Trinajstić information content (AvgIpc) is 3.04. The predicted octanol–water partition coefficient (Wildman–Crippen LogP) is 1.78. The van der Waals surface area contributed by atoms with Gasteiger partial charge in [0.05, 0.1) is 12.1 Å². The van der Waals surface area contributed by atoms with E-state index in [1.54, 1.807) is 12.1 Å². The lowest BCUT2D eigenvalue weighted by Gasteiger charge is -2.17. The van der Waals surface area contributed by atoms with Gasteiger partial charge in [-0.15, -0.1) is 0 Å². The van der Waals surface area contributed by atoms with Gasteiger partial charge in [-0.05, 0) is 12.1 Å². The third kappa shape index (κ3) is 3.11. The summed E-state index contributed by atoms with van der Waals surface area (Å²) in [5, 5.41) is 8.97. The molecule has 1 saturated heterocycles. The number of benzene rings is 1. The zero-order valence-electron chi connectivity index (χ0n) is 12.1. The number of carbonyl (C=O) groups is 1. The molecule has 1 aliphatic heterocycles. The smallest absolute Gasteiger partial charge is 0.256 e. The summed E-state index contributed by atoms with van der Waals surface area (Å²) in [6.07, 6.45) is 3.14. The van der Waals surface area contributed by atoms with Crippen LogP contribution in [0.1, 0.15) is 22.5 Å². The molecule has 1 fully saturated rings. The van der Waals surface area contributed by atoms with Gasteiger partial charge in [-0.3, -0.25) is 4.79 Å². The van der Waals surface area contributed by atoms with Crippen LogP contribution in [0.3, 0.4) is 0 Å². The van der Waals surface area contributed by atoms with Crippen molar-refractivity contribution < 1.29 is 13.9 Å². The Kier molecular flexibility index (Phi) is 4.15. The molecule has 116 valence electrons. The Morgan fingerprint density at radius 2 is 2.13 bits per heavy atom. The van der Waals surface area contributed by atoms with Crippen LogP contribution in [0, 0.1) is 17.1 Å². The van der Waals surface area contributed by atoms with Crippen molar-refractivity contribution in [3.05, 3.63) is 53.7 Å². The van der Waals surface area contributed by atoms with Crippen molar-refractivity contribution in [2.45, 2.75) is 12.5 Å². The maximum absolute atomic E-state index is 13.7. The van der Waals surface area contributed by atoms with Gasteiger partial charge in [0.2, 0.25) is 5.69 Å². The van der Waals surface area contributed by atoms with Gasteiger partial charge in [0.15, 0.2) is 0 Å². The molecule has 3 rings (SSSR count). The second kappa shape index (κ2) is 6.40. The van der Waals surface area contributed by atoms with E-state index < -0.39 is 5.82 Å². The van der Waals surface area contributed by atoms with Gasteiger partial charge in [-0.2, -0.15) is 5.26 Å². The highest BCUT2D eigenvalue weighted by atomic mass is 19.1. The van der Waals surface area contributed by atoms with Gasteiger partial charge in [-0.25, -0.2) is 14.4 Å². The maximum Gasteiger partial charge on any atom is 0.256 e. The van der Waals surface area contributed by atoms with Gasteiger partial charge in [-0.1, -0.05) is 12.1 Å². The molecule has 23 heavy (non-hydrogen) atoms. The molecule has 1 aromatic heterocycles. The molecule has 1 atom stereocenters. The van der Waals surface area contributed by atoms with Crippen molar-refractivity contribution in [1.82, 2.24) is 14.9 Å². The second-order valence-corrected chi connectivity index (χ2v) is 5.08. The van der Waals surface area contributed by atoms with Crippen LogP contribution >= 0.6 is 0 Å². The Labute approximate surface area is 132 Å². The fourth-order valence-corrected chi connectivity index (χ4v) is 2.46. The predicted molar refractivity (Wildman–Crippen MR) is 78.1 cm³/mol. The zero-order chi connectivity index (χ0) is 16.2. The van der Waals surface area contributed by atoms with Crippen molar-refractivity contribution in [1.29, 1.82) is 5.26 Å². The van der Waals surface area contributed by atoms with E-state index in [4.69, 9.17) is 10.00 Å². The Balaban J connectivity index is 1.68. The highest BCUT2D eigenvalue weighted by molar-refractivity contribution is 5.94. The first-order chi connectivity index (χ1) is 11.2. The quantitative estimate of drug-likeness (QED) is 0.863. The highest BCUT2D eigenvalue weighted by Gasteiger charge is 2.30. The van der Waals surface area contributed by atoms with Crippen LogP contribution in [0.2, 0.25) is 0 Å². The van der Waals surface area contributed by atoms with Crippen molar-refractivity contribution in [3.63, 3.8) is 0 Å². The molecule has 0 aliphatic carbocycles. The van der Waals surface area contributed by atoms with E-state index in [9.17, 15) is 9.18 Å². The number of aromatic nitrogens is 2. The second-order valence-electron chi connectivity index (χ2n) is 5.08. The van der Waals surface area contributed by atoms with Crippen molar-refractivity contribution in [2.24, 2.45) is 0 Å². The summed E-state index contributed by atoms with van der Waals surface area (Å²) in [6, 6.07) is 7.79. The molecule has 2 heterocycles. The van der Waals surface area contributed by atoms with Gasteiger partial charge in [0.25, 0.3) is 11.8 Å². The van der Waals surface area contributed by atoms with Gasteiger partial charge < -0.3 is 9.64 Å². The van der Waals surface area contributed by atoms with E-state index in [-0.39, 0.29) is 29.1 Å². The van der Waals surface area contributed by atoms with Crippen molar-refractivity contribution in [3.8, 4) is 11.9 Å². The number of ether oxygens (including phenoxy) is 1. The molecule has 0 bridgehead atoms. The molecular weight excluding hydrogens is 299 g/mol. The molecule has 1 amide bonds. The number of hydrogen-bond acceptors (Lipinski definition) is 5. The van der Waals surface area contributed by atoms with E-state index in [1.165, 1.54) is 29.4 Å². The van der Waals surface area contributed by atoms with E-state index in [0.717, 1.165) is 0 Å². The van der Waals surface area contributed by atoms with Crippen LogP contribution in [0.4, 0.5) is 4.39 Å². The monoisotopic (exact) mass is 312 g/mol. The largest absolute Gasteiger partial charge is 0.470 e. The molecular formula is C16H13FN4O2. The lowest BCUT2D eigenvalue weighted by atomic mass is 10.2. The first-order valence-corrected chi connectivity index (χ1v) is 7.10. The van der Waals surface area contributed by atoms with Gasteiger partial charge in [0, 0.05) is 25.4 Å². The fourth-order valence-electron chi connectivity index (χ4n) is 2.46. The molecule has 7 heteroatoms. The van der Waals surface area contributed by atoms with Gasteiger partial charge >= 0.3 is 0 Å². The topological polar surface area (TPSA) is 79.1 Å². The first kappa shape index (κ1) is 14.9. The maximum atomic E-state index is 13.7. The molecule has 0 radical (unpaired) electrons. The van der Waals surface area contributed by atoms with Crippen molar-refractivity contribution >= 4 is 5.91 Å². The Morgan fingerprint density at radius 1 is 1.35 bits per heavy atom. The number of hydrogen-bond donors (Lipinski definition) is 0. The first-order valence-electron chi connectivity index (χ1n) is 7.10. The van der Waals surface area contributed by atoms with Crippen LogP contribution in [0.15, 0.2) is 36.7 Å². The van der Waals surface area contributed by atoms with Crippen LogP contribution in [-0.2, 0) is 0 Å². The summed E-state index contributed by atoms with van der Waals surface area (Å²) < 4.78 is 19.4. The molecule has 2 aromatic rings. The number of nitrogens with zero attached hydrogens (tertiary/aromatic N) is 4. The molecule has 1 aromatic carbocycles. The zero-order valence-corrected chi connectivity index (χ0v) is 12.1. The van der Waals surface area contributed by atoms with Crippen LogP contribution in [0.5, 0.6) is 5.88 Å². The lowest BCUT2D eigenvalue weighted by Crippen LogP contribution is -2.31. The number of rotatable bonds is 3. The molecule has 0 spiro atoms. The minimum absolute atomic E-state index is 0.0466. The van der Waals surface area contributed by atoms with Crippen molar-refractivity contribution in [2.75, 3.05) is 13.1 Å². The Bertz CT molecular complexity index is 775. The third-order valence-electron chi connectivity index (χ3n) is 3.59. The average molecular weight is 312 g/mol.